The van der Waals surface area contributed by atoms with E-state index in [1.807, 2.05) is 30.3 Å². The maximum absolute atomic E-state index is 13.0. The van der Waals surface area contributed by atoms with Crippen LogP contribution in [0.15, 0.2) is 54.6 Å². The van der Waals surface area contributed by atoms with Gasteiger partial charge >= 0.3 is 0 Å². The molecule has 1 N–H and O–H groups in total. The molecule has 3 amide bonds. The highest BCUT2D eigenvalue weighted by molar-refractivity contribution is 8.15. The Labute approximate surface area is 189 Å². The van der Waals surface area contributed by atoms with E-state index in [2.05, 4.69) is 29.6 Å². The third-order valence-electron chi connectivity index (χ3n) is 6.05. The molecule has 1 unspecified atom stereocenters. The van der Waals surface area contributed by atoms with Crippen molar-refractivity contribution in [2.24, 2.45) is 0 Å². The van der Waals surface area contributed by atoms with Gasteiger partial charge in [-0.3, -0.25) is 19.7 Å². The molecule has 162 valence electrons. The normalized spacial score (nSPS) is 18.1. The number of rotatable bonds is 5. The summed E-state index contributed by atoms with van der Waals surface area (Å²) in [5.41, 5.74) is 3.79. The number of methoxy groups -OCH3 is 1. The van der Waals surface area contributed by atoms with Gasteiger partial charge in [-0.25, -0.2) is 0 Å². The standard InChI is InChI=1S/C25H22N2O4S/c1-31-20-10-8-18(13-21-24(29)26-25(30)32-21)19-9-11-22(28)27(23(19)20)14-15-6-7-16-4-2-3-5-17(16)12-15/h2-8,10,12,21H,9,11,13-14H2,1H3,(H,26,29,30). The van der Waals surface area contributed by atoms with Crippen molar-refractivity contribution in [3.8, 4) is 5.75 Å². The molecule has 0 radical (unpaired) electrons. The van der Waals surface area contributed by atoms with Crippen molar-refractivity contribution >= 4 is 45.3 Å². The summed E-state index contributed by atoms with van der Waals surface area (Å²) >= 11 is 1.02. The van der Waals surface area contributed by atoms with E-state index in [-0.39, 0.29) is 17.1 Å². The first-order valence-corrected chi connectivity index (χ1v) is 11.4. The van der Waals surface area contributed by atoms with Crippen LogP contribution in [0.1, 0.15) is 23.1 Å². The molecule has 3 aromatic rings. The smallest absolute Gasteiger partial charge is 0.286 e. The fourth-order valence-corrected chi connectivity index (χ4v) is 5.34. The highest BCUT2D eigenvalue weighted by Crippen LogP contribution is 2.41. The number of hydrogen-bond donors (Lipinski definition) is 1. The van der Waals surface area contributed by atoms with E-state index in [0.717, 1.165) is 44.9 Å². The van der Waals surface area contributed by atoms with E-state index in [0.29, 0.717) is 31.6 Å². The Hall–Kier alpha value is -3.32. The van der Waals surface area contributed by atoms with Gasteiger partial charge in [0.1, 0.15) is 5.75 Å². The minimum absolute atomic E-state index is 0.0456. The van der Waals surface area contributed by atoms with Gasteiger partial charge < -0.3 is 9.64 Å². The Bertz CT molecular complexity index is 1260. The van der Waals surface area contributed by atoms with Crippen LogP contribution in [0.5, 0.6) is 5.75 Å². The number of benzene rings is 3. The second-order valence-electron chi connectivity index (χ2n) is 8.00. The monoisotopic (exact) mass is 446 g/mol. The number of hydrogen-bond acceptors (Lipinski definition) is 5. The molecule has 2 aliphatic rings. The lowest BCUT2D eigenvalue weighted by molar-refractivity contribution is -0.119. The topological polar surface area (TPSA) is 75.7 Å². The fraction of sp³-hybridized carbons (Fsp3) is 0.240. The Balaban J connectivity index is 1.52. The SMILES string of the molecule is COc1ccc(CC2SC(=O)NC2=O)c2c1N(Cc1ccc3ccccc3c1)C(=O)CC2. The number of carbonyl (C=O) groups is 3. The van der Waals surface area contributed by atoms with Crippen LogP contribution in [0.2, 0.25) is 0 Å². The van der Waals surface area contributed by atoms with Gasteiger partial charge in [-0.05, 0) is 52.4 Å². The molecule has 1 fully saturated rings. The number of imide groups is 1. The van der Waals surface area contributed by atoms with Gasteiger partial charge in [-0.1, -0.05) is 54.2 Å². The molecule has 1 saturated heterocycles. The lowest BCUT2D eigenvalue weighted by atomic mass is 9.92. The van der Waals surface area contributed by atoms with Gasteiger partial charge in [0.05, 0.1) is 24.6 Å². The minimum atomic E-state index is -0.452. The number of amides is 3. The van der Waals surface area contributed by atoms with Gasteiger partial charge in [-0.15, -0.1) is 0 Å². The second-order valence-corrected chi connectivity index (χ2v) is 9.18. The predicted octanol–water partition coefficient (Wildman–Crippen LogP) is 4.22. The van der Waals surface area contributed by atoms with Gasteiger partial charge in [0.2, 0.25) is 11.8 Å². The average Bonchev–Trinajstić information content (AvgIpc) is 3.12. The van der Waals surface area contributed by atoms with Crippen LogP contribution in [0, 0.1) is 0 Å². The van der Waals surface area contributed by atoms with E-state index in [4.69, 9.17) is 4.74 Å². The van der Waals surface area contributed by atoms with Crippen molar-refractivity contribution in [1.82, 2.24) is 5.32 Å². The van der Waals surface area contributed by atoms with Crippen LogP contribution in [-0.2, 0) is 29.0 Å². The lowest BCUT2D eigenvalue weighted by Gasteiger charge is -2.32. The molecule has 0 aromatic heterocycles. The summed E-state index contributed by atoms with van der Waals surface area (Å²) in [6.07, 6.45) is 1.41. The summed E-state index contributed by atoms with van der Waals surface area (Å²) in [6, 6.07) is 18.2. The summed E-state index contributed by atoms with van der Waals surface area (Å²) in [6.45, 7) is 0.438. The van der Waals surface area contributed by atoms with Crippen molar-refractivity contribution in [1.29, 1.82) is 0 Å². The van der Waals surface area contributed by atoms with Crippen molar-refractivity contribution in [2.45, 2.75) is 31.1 Å². The highest BCUT2D eigenvalue weighted by atomic mass is 32.2. The summed E-state index contributed by atoms with van der Waals surface area (Å²) in [7, 11) is 1.60. The molecular formula is C25H22N2O4S. The maximum Gasteiger partial charge on any atom is 0.286 e. The molecule has 0 saturated carbocycles. The third kappa shape index (κ3) is 3.73. The van der Waals surface area contributed by atoms with Crippen LogP contribution in [0.3, 0.4) is 0 Å². The Morgan fingerprint density at radius 3 is 2.59 bits per heavy atom. The van der Waals surface area contributed by atoms with E-state index >= 15 is 0 Å². The van der Waals surface area contributed by atoms with E-state index in [9.17, 15) is 14.4 Å². The molecule has 2 heterocycles. The number of carbonyl (C=O) groups excluding carboxylic acids is 3. The first kappa shape index (κ1) is 20.6. The van der Waals surface area contributed by atoms with Crippen LogP contribution < -0.4 is 15.0 Å². The molecular weight excluding hydrogens is 424 g/mol. The molecule has 32 heavy (non-hydrogen) atoms. The van der Waals surface area contributed by atoms with Crippen molar-refractivity contribution < 1.29 is 19.1 Å². The number of nitrogens with zero attached hydrogens (tertiary/aromatic N) is 1. The van der Waals surface area contributed by atoms with Crippen LogP contribution in [0.4, 0.5) is 10.5 Å². The van der Waals surface area contributed by atoms with Crippen molar-refractivity contribution in [3.05, 3.63) is 71.3 Å². The zero-order valence-electron chi connectivity index (χ0n) is 17.6. The second kappa shape index (κ2) is 8.31. The number of ether oxygens (including phenoxy) is 1. The van der Waals surface area contributed by atoms with Crippen LogP contribution in [0.25, 0.3) is 10.8 Å². The van der Waals surface area contributed by atoms with E-state index in [1.54, 1.807) is 12.0 Å². The number of nitrogens with one attached hydrogen (secondary N) is 1. The predicted molar refractivity (Wildman–Crippen MR) is 125 cm³/mol. The van der Waals surface area contributed by atoms with Gasteiger partial charge in [0.15, 0.2) is 0 Å². The summed E-state index contributed by atoms with van der Waals surface area (Å²) < 4.78 is 5.63. The number of thioether (sulfide) groups is 1. The summed E-state index contributed by atoms with van der Waals surface area (Å²) in [4.78, 5) is 38.5. The fourth-order valence-electron chi connectivity index (χ4n) is 4.49. The molecule has 7 heteroatoms. The third-order valence-corrected chi connectivity index (χ3v) is 7.03. The van der Waals surface area contributed by atoms with Crippen LogP contribution >= 0.6 is 11.8 Å². The Kier molecular flexibility index (Phi) is 5.35. The highest BCUT2D eigenvalue weighted by Gasteiger charge is 2.34. The molecule has 6 nitrogen and oxygen atoms in total. The number of fused-ring (bicyclic) bond motifs is 2. The largest absolute Gasteiger partial charge is 0.495 e. The molecule has 0 bridgehead atoms. The Morgan fingerprint density at radius 2 is 1.84 bits per heavy atom. The molecule has 5 rings (SSSR count). The molecule has 0 aliphatic carbocycles. The first-order valence-electron chi connectivity index (χ1n) is 10.5. The van der Waals surface area contributed by atoms with Crippen molar-refractivity contribution in [3.63, 3.8) is 0 Å². The van der Waals surface area contributed by atoms with Gasteiger partial charge in [-0.2, -0.15) is 0 Å². The van der Waals surface area contributed by atoms with Crippen LogP contribution in [-0.4, -0.2) is 29.4 Å². The maximum atomic E-state index is 13.0. The number of anilines is 1. The lowest BCUT2D eigenvalue weighted by Crippen LogP contribution is -2.35. The first-order chi connectivity index (χ1) is 15.5. The average molecular weight is 447 g/mol. The summed E-state index contributed by atoms with van der Waals surface area (Å²) in [5, 5.41) is 3.87. The zero-order valence-corrected chi connectivity index (χ0v) is 18.4. The molecule has 2 aliphatic heterocycles. The van der Waals surface area contributed by atoms with E-state index in [1.165, 1.54) is 0 Å². The van der Waals surface area contributed by atoms with Gasteiger partial charge in [0.25, 0.3) is 5.24 Å². The summed E-state index contributed by atoms with van der Waals surface area (Å²) in [5.74, 6) is 0.422. The van der Waals surface area contributed by atoms with Gasteiger partial charge in [0, 0.05) is 6.42 Å². The van der Waals surface area contributed by atoms with Crippen molar-refractivity contribution in [2.75, 3.05) is 12.0 Å². The van der Waals surface area contributed by atoms with E-state index < -0.39 is 5.25 Å². The quantitative estimate of drug-likeness (QED) is 0.635. The molecule has 0 spiro atoms. The molecule has 1 atom stereocenters. The minimum Gasteiger partial charge on any atom is -0.495 e. The molecule has 3 aromatic carbocycles. The zero-order chi connectivity index (χ0) is 22.2. The Morgan fingerprint density at radius 1 is 1.03 bits per heavy atom.